The van der Waals surface area contributed by atoms with Gasteiger partial charge in [-0.2, -0.15) is 12.6 Å². The molecule has 1 atom stereocenters. The fourth-order valence-corrected chi connectivity index (χ4v) is 1.73. The van der Waals surface area contributed by atoms with Gasteiger partial charge in [-0.25, -0.2) is 0 Å². The Labute approximate surface area is 85.3 Å². The first-order chi connectivity index (χ1) is 6.25. The van der Waals surface area contributed by atoms with E-state index < -0.39 is 0 Å². The second-order valence-corrected chi connectivity index (χ2v) is 3.93. The number of hydrogen-bond donors (Lipinski definition) is 2. The molecule has 76 valence electrons. The molecule has 0 spiro atoms. The molecule has 0 radical (unpaired) electrons. The van der Waals surface area contributed by atoms with Crippen molar-refractivity contribution < 1.29 is 4.79 Å². The first-order valence-corrected chi connectivity index (χ1v) is 5.46. The molecule has 1 amide bonds. The zero-order chi connectivity index (χ0) is 9.68. The average Bonchev–Trinajstić information content (AvgIpc) is 2.43. The van der Waals surface area contributed by atoms with E-state index in [0.29, 0.717) is 6.04 Å². The van der Waals surface area contributed by atoms with Crippen molar-refractivity contribution in [1.29, 1.82) is 0 Å². The Morgan fingerprint density at radius 3 is 3.00 bits per heavy atom. The summed E-state index contributed by atoms with van der Waals surface area (Å²) in [5, 5.41) is 3.34. The zero-order valence-corrected chi connectivity index (χ0v) is 9.02. The van der Waals surface area contributed by atoms with Crippen LogP contribution in [0.5, 0.6) is 0 Å². The molecule has 1 aliphatic heterocycles. The molecule has 0 bridgehead atoms. The van der Waals surface area contributed by atoms with Gasteiger partial charge in [0.05, 0.1) is 0 Å². The predicted octanol–water partition coefficient (Wildman–Crippen LogP) is 0.517. The lowest BCUT2D eigenvalue weighted by molar-refractivity contribution is -0.127. The van der Waals surface area contributed by atoms with E-state index in [2.05, 4.69) is 17.9 Å². The summed E-state index contributed by atoms with van der Waals surface area (Å²) in [5.74, 6) is 1.20. The molecule has 0 aromatic carbocycles. The molecule has 0 saturated carbocycles. The van der Waals surface area contributed by atoms with Crippen molar-refractivity contribution in [3.63, 3.8) is 0 Å². The van der Waals surface area contributed by atoms with Crippen LogP contribution in [0.15, 0.2) is 0 Å². The van der Waals surface area contributed by atoms with Gasteiger partial charge in [0.2, 0.25) is 5.91 Å². The molecule has 3 nitrogen and oxygen atoms in total. The fourth-order valence-electron chi connectivity index (χ4n) is 1.58. The van der Waals surface area contributed by atoms with Crippen molar-refractivity contribution in [2.24, 2.45) is 0 Å². The number of carbonyl (C=O) groups excluding carboxylic acids is 1. The predicted molar refractivity (Wildman–Crippen MR) is 57.1 cm³/mol. The maximum absolute atomic E-state index is 11.2. The highest BCUT2D eigenvalue weighted by atomic mass is 32.1. The Morgan fingerprint density at radius 1 is 1.69 bits per heavy atom. The van der Waals surface area contributed by atoms with Gasteiger partial charge in [-0.3, -0.25) is 4.79 Å². The van der Waals surface area contributed by atoms with Crippen LogP contribution in [0.4, 0.5) is 0 Å². The molecule has 4 heteroatoms. The molecule has 13 heavy (non-hydrogen) atoms. The number of hydrogen-bond acceptors (Lipinski definition) is 3. The lowest BCUT2D eigenvalue weighted by Gasteiger charge is -2.19. The third-order valence-electron chi connectivity index (χ3n) is 2.52. The van der Waals surface area contributed by atoms with Crippen LogP contribution in [-0.2, 0) is 4.79 Å². The lowest BCUT2D eigenvalue weighted by atomic mass is 10.2. The van der Waals surface area contributed by atoms with Gasteiger partial charge in [0.1, 0.15) is 0 Å². The molecule has 1 saturated heterocycles. The van der Waals surface area contributed by atoms with Gasteiger partial charge in [0, 0.05) is 26.1 Å². The SMILES string of the molecule is CN1C(=O)CCC1CNCCCS. The summed E-state index contributed by atoms with van der Waals surface area (Å²) in [6, 6.07) is 0.410. The third kappa shape index (κ3) is 3.19. The van der Waals surface area contributed by atoms with E-state index in [4.69, 9.17) is 0 Å². The summed E-state index contributed by atoms with van der Waals surface area (Å²) >= 11 is 4.13. The van der Waals surface area contributed by atoms with E-state index in [9.17, 15) is 4.79 Å². The van der Waals surface area contributed by atoms with Crippen molar-refractivity contribution >= 4 is 18.5 Å². The second-order valence-electron chi connectivity index (χ2n) is 3.48. The minimum atomic E-state index is 0.279. The summed E-state index contributed by atoms with van der Waals surface area (Å²) in [4.78, 5) is 13.0. The number of amides is 1. The van der Waals surface area contributed by atoms with Gasteiger partial charge in [-0.15, -0.1) is 0 Å². The summed E-state index contributed by atoms with van der Waals surface area (Å²) in [6.07, 6.45) is 2.81. The quantitative estimate of drug-likeness (QED) is 0.503. The van der Waals surface area contributed by atoms with E-state index in [1.807, 2.05) is 11.9 Å². The maximum Gasteiger partial charge on any atom is 0.222 e. The largest absolute Gasteiger partial charge is 0.341 e. The summed E-state index contributed by atoms with van der Waals surface area (Å²) in [6.45, 7) is 1.93. The Bertz CT molecular complexity index is 175. The van der Waals surface area contributed by atoms with Gasteiger partial charge in [-0.1, -0.05) is 0 Å². The van der Waals surface area contributed by atoms with Crippen LogP contribution in [0.3, 0.4) is 0 Å². The lowest BCUT2D eigenvalue weighted by Crippen LogP contribution is -2.37. The van der Waals surface area contributed by atoms with E-state index in [1.165, 1.54) is 0 Å². The van der Waals surface area contributed by atoms with E-state index >= 15 is 0 Å². The molecule has 1 aliphatic rings. The minimum absolute atomic E-state index is 0.279. The van der Waals surface area contributed by atoms with Crippen molar-refractivity contribution in [2.75, 3.05) is 25.9 Å². The summed E-state index contributed by atoms with van der Waals surface area (Å²) < 4.78 is 0. The van der Waals surface area contributed by atoms with Crippen LogP contribution in [0.25, 0.3) is 0 Å². The van der Waals surface area contributed by atoms with Crippen LogP contribution >= 0.6 is 12.6 Å². The smallest absolute Gasteiger partial charge is 0.222 e. The van der Waals surface area contributed by atoms with E-state index in [0.717, 1.165) is 38.1 Å². The molecule has 0 aromatic rings. The number of likely N-dealkylation sites (N-methyl/N-ethyl adjacent to an activating group) is 1. The van der Waals surface area contributed by atoms with Crippen LogP contribution in [-0.4, -0.2) is 42.7 Å². The molecule has 1 N–H and O–H groups in total. The molecular weight excluding hydrogens is 184 g/mol. The Hall–Kier alpha value is -0.220. The van der Waals surface area contributed by atoms with E-state index in [1.54, 1.807) is 0 Å². The van der Waals surface area contributed by atoms with Crippen LogP contribution in [0, 0.1) is 0 Å². The van der Waals surface area contributed by atoms with Crippen LogP contribution in [0.1, 0.15) is 19.3 Å². The van der Waals surface area contributed by atoms with Crippen molar-refractivity contribution in [3.05, 3.63) is 0 Å². The maximum atomic E-state index is 11.2. The highest BCUT2D eigenvalue weighted by molar-refractivity contribution is 7.80. The average molecular weight is 202 g/mol. The number of nitrogens with one attached hydrogen (secondary N) is 1. The number of thiol groups is 1. The normalized spacial score (nSPS) is 22.8. The molecule has 0 aliphatic carbocycles. The van der Waals surface area contributed by atoms with Crippen molar-refractivity contribution in [2.45, 2.75) is 25.3 Å². The molecule has 1 rings (SSSR count). The Balaban J connectivity index is 2.11. The number of carbonyl (C=O) groups is 1. The second kappa shape index (κ2) is 5.50. The number of nitrogens with zero attached hydrogens (tertiary/aromatic N) is 1. The standard InChI is InChI=1S/C9H18N2OS/c1-11-8(3-4-9(11)12)7-10-5-2-6-13/h8,10,13H,2-7H2,1H3. The molecule has 0 aromatic heterocycles. The molecular formula is C9H18N2OS. The molecule has 1 fully saturated rings. The number of likely N-dealkylation sites (tertiary alicyclic amines) is 1. The van der Waals surface area contributed by atoms with Crippen LogP contribution in [0.2, 0.25) is 0 Å². The highest BCUT2D eigenvalue weighted by Gasteiger charge is 2.26. The van der Waals surface area contributed by atoms with Gasteiger partial charge in [-0.05, 0) is 25.1 Å². The van der Waals surface area contributed by atoms with Crippen LogP contribution < -0.4 is 5.32 Å². The summed E-state index contributed by atoms with van der Waals surface area (Å²) in [5.41, 5.74) is 0. The van der Waals surface area contributed by atoms with E-state index in [-0.39, 0.29) is 5.91 Å². The molecule has 1 heterocycles. The van der Waals surface area contributed by atoms with Gasteiger partial charge in [0.15, 0.2) is 0 Å². The first-order valence-electron chi connectivity index (χ1n) is 4.83. The van der Waals surface area contributed by atoms with Gasteiger partial charge in [0.25, 0.3) is 0 Å². The minimum Gasteiger partial charge on any atom is -0.341 e. The Kier molecular flexibility index (Phi) is 4.59. The zero-order valence-electron chi connectivity index (χ0n) is 8.12. The third-order valence-corrected chi connectivity index (χ3v) is 2.84. The topological polar surface area (TPSA) is 32.3 Å². The summed E-state index contributed by atoms with van der Waals surface area (Å²) in [7, 11) is 1.89. The fraction of sp³-hybridized carbons (Fsp3) is 0.889. The monoisotopic (exact) mass is 202 g/mol. The van der Waals surface area contributed by atoms with Gasteiger partial charge >= 0.3 is 0 Å². The van der Waals surface area contributed by atoms with Crippen molar-refractivity contribution in [3.8, 4) is 0 Å². The first kappa shape index (κ1) is 10.9. The highest BCUT2D eigenvalue weighted by Crippen LogP contribution is 2.15. The molecule has 1 unspecified atom stereocenters. The Morgan fingerprint density at radius 2 is 2.46 bits per heavy atom. The van der Waals surface area contributed by atoms with Crippen molar-refractivity contribution in [1.82, 2.24) is 10.2 Å². The van der Waals surface area contributed by atoms with Gasteiger partial charge < -0.3 is 10.2 Å². The number of rotatable bonds is 5.